The molecule has 4 rings (SSSR count). The minimum atomic E-state index is -0.585. The third-order valence-corrected chi connectivity index (χ3v) is 5.48. The Morgan fingerprint density at radius 1 is 1.12 bits per heavy atom. The second-order valence-corrected chi connectivity index (χ2v) is 8.26. The molecule has 1 aliphatic rings. The number of primary amides is 1. The smallest absolute Gasteiger partial charge is 0.272 e. The van der Waals surface area contributed by atoms with E-state index in [1.54, 1.807) is 41.6 Å². The molecule has 0 spiro atoms. The molecule has 0 radical (unpaired) electrons. The topological polar surface area (TPSA) is 118 Å². The molecule has 2 amide bonds. The summed E-state index contributed by atoms with van der Waals surface area (Å²) in [5.41, 5.74) is 7.49. The van der Waals surface area contributed by atoms with Crippen LogP contribution in [0.15, 0.2) is 53.3 Å². The number of halogens is 1. The molecule has 3 aromatic heterocycles. The Labute approximate surface area is 204 Å². The molecule has 4 heterocycles. The number of nitrogens with zero attached hydrogens (tertiary/aromatic N) is 4. The molecule has 0 aromatic carbocycles. The van der Waals surface area contributed by atoms with Crippen molar-refractivity contribution in [2.45, 2.75) is 26.3 Å². The van der Waals surface area contributed by atoms with Gasteiger partial charge in [-0.25, -0.2) is 9.97 Å². The molecule has 1 fully saturated rings. The Morgan fingerprint density at radius 3 is 2.53 bits per heavy atom. The highest BCUT2D eigenvalue weighted by Gasteiger charge is 2.26. The lowest BCUT2D eigenvalue weighted by Crippen LogP contribution is -2.49. The van der Waals surface area contributed by atoms with Crippen LogP contribution in [-0.2, 0) is 6.42 Å². The third kappa shape index (κ3) is 5.66. The largest absolute Gasteiger partial charge is 0.469 e. The first kappa shape index (κ1) is 25.0. The fourth-order valence-electron chi connectivity index (χ4n) is 3.91. The van der Waals surface area contributed by atoms with Crippen LogP contribution in [0.5, 0.6) is 0 Å². The summed E-state index contributed by atoms with van der Waals surface area (Å²) >= 11 is 0. The van der Waals surface area contributed by atoms with Crippen LogP contribution in [0.3, 0.4) is 0 Å². The van der Waals surface area contributed by atoms with Crippen LogP contribution < -0.4 is 16.0 Å². The molecule has 0 bridgehead atoms. The van der Waals surface area contributed by atoms with Gasteiger partial charge >= 0.3 is 0 Å². The van der Waals surface area contributed by atoms with Gasteiger partial charge in [-0.05, 0) is 50.2 Å². The number of nitrogens with two attached hydrogens (primary N) is 1. The summed E-state index contributed by atoms with van der Waals surface area (Å²) < 4.78 is 5.37. The maximum atomic E-state index is 13.2. The van der Waals surface area contributed by atoms with E-state index >= 15 is 0 Å². The molecule has 3 N–H and O–H groups in total. The van der Waals surface area contributed by atoms with E-state index in [9.17, 15) is 9.59 Å². The number of carbonyl (C=O) groups excluding carboxylic acids is 2. The van der Waals surface area contributed by atoms with Crippen molar-refractivity contribution in [3.63, 3.8) is 0 Å². The molecule has 0 saturated carbocycles. The third-order valence-electron chi connectivity index (χ3n) is 5.48. The van der Waals surface area contributed by atoms with Crippen molar-refractivity contribution in [1.29, 1.82) is 0 Å². The summed E-state index contributed by atoms with van der Waals surface area (Å²) in [7, 11) is 0. The van der Waals surface area contributed by atoms with E-state index < -0.39 is 5.91 Å². The highest BCUT2D eigenvalue weighted by molar-refractivity contribution is 5.96. The number of nitrogens with one attached hydrogen (secondary N) is 1. The second kappa shape index (κ2) is 11.0. The molecule has 0 atom stereocenters. The van der Waals surface area contributed by atoms with Crippen molar-refractivity contribution >= 4 is 35.7 Å². The van der Waals surface area contributed by atoms with Crippen molar-refractivity contribution in [2.24, 2.45) is 5.73 Å². The summed E-state index contributed by atoms with van der Waals surface area (Å²) in [6, 6.07) is 10.9. The molecule has 180 valence electrons. The summed E-state index contributed by atoms with van der Waals surface area (Å²) in [6.45, 7) is 6.59. The lowest BCUT2D eigenvalue weighted by Gasteiger charge is -2.36. The van der Waals surface area contributed by atoms with Gasteiger partial charge in [0.2, 0.25) is 0 Å². The van der Waals surface area contributed by atoms with Gasteiger partial charge in [0.25, 0.3) is 11.8 Å². The van der Waals surface area contributed by atoms with Gasteiger partial charge in [0.15, 0.2) is 5.82 Å². The first-order chi connectivity index (χ1) is 15.9. The van der Waals surface area contributed by atoms with Crippen molar-refractivity contribution in [2.75, 3.05) is 36.4 Å². The number of amides is 2. The summed E-state index contributed by atoms with van der Waals surface area (Å²) in [5.74, 6) is 0.776. The Bertz CT molecular complexity index is 1130. The van der Waals surface area contributed by atoms with Crippen LogP contribution in [0.4, 0.5) is 11.5 Å². The monoisotopic (exact) mass is 484 g/mol. The van der Waals surface area contributed by atoms with Gasteiger partial charge in [0.1, 0.15) is 11.5 Å². The molecule has 1 saturated heterocycles. The van der Waals surface area contributed by atoms with Gasteiger partial charge in [0.05, 0.1) is 23.2 Å². The summed E-state index contributed by atoms with van der Waals surface area (Å²) in [5, 5.41) is 3.43. The SMILES string of the molecule is CC(C)Nc1cccnc1N1CCN(C(=O)c2ccc(C(N)=O)c(Cc3ccco3)n2)CC1.Cl. The van der Waals surface area contributed by atoms with Gasteiger partial charge in [-0.15, -0.1) is 12.4 Å². The van der Waals surface area contributed by atoms with Gasteiger partial charge < -0.3 is 25.3 Å². The highest BCUT2D eigenvalue weighted by Crippen LogP contribution is 2.25. The molecule has 0 unspecified atom stereocenters. The molecule has 1 aliphatic heterocycles. The minimum absolute atomic E-state index is 0. The molecule has 10 heteroatoms. The van der Waals surface area contributed by atoms with E-state index in [2.05, 4.69) is 34.0 Å². The number of pyridine rings is 2. The van der Waals surface area contributed by atoms with E-state index in [1.165, 1.54) is 0 Å². The van der Waals surface area contributed by atoms with E-state index in [0.717, 1.165) is 11.5 Å². The van der Waals surface area contributed by atoms with Crippen molar-refractivity contribution in [3.8, 4) is 0 Å². The van der Waals surface area contributed by atoms with Crippen molar-refractivity contribution < 1.29 is 14.0 Å². The molecule has 0 aliphatic carbocycles. The number of carbonyl (C=O) groups is 2. The average Bonchev–Trinajstić information content (AvgIpc) is 3.31. The van der Waals surface area contributed by atoms with Crippen LogP contribution in [-0.4, -0.2) is 58.9 Å². The Morgan fingerprint density at radius 2 is 1.88 bits per heavy atom. The normalized spacial score (nSPS) is 13.5. The standard InChI is InChI=1S/C24H28N6O3.ClH/c1-16(2)27-19-6-3-9-26-23(19)29-10-12-30(13-11-29)24(32)20-8-7-18(22(25)31)21(28-20)15-17-5-4-14-33-17;/h3-9,14,16,27H,10-13,15H2,1-2H3,(H2,25,31);1H. The van der Waals surface area contributed by atoms with E-state index in [1.807, 2.05) is 12.1 Å². The van der Waals surface area contributed by atoms with Gasteiger partial charge in [0, 0.05) is 44.8 Å². The van der Waals surface area contributed by atoms with E-state index in [4.69, 9.17) is 10.2 Å². The van der Waals surface area contributed by atoms with Crippen molar-refractivity contribution in [1.82, 2.24) is 14.9 Å². The number of aromatic nitrogens is 2. The zero-order valence-corrected chi connectivity index (χ0v) is 20.0. The zero-order chi connectivity index (χ0) is 23.4. The fraction of sp³-hybridized carbons (Fsp3) is 0.333. The summed E-state index contributed by atoms with van der Waals surface area (Å²) in [6.07, 6.45) is 3.62. The summed E-state index contributed by atoms with van der Waals surface area (Å²) in [4.78, 5) is 38.0. The maximum Gasteiger partial charge on any atom is 0.272 e. The number of rotatable bonds is 7. The van der Waals surface area contributed by atoms with Crippen molar-refractivity contribution in [3.05, 3.63) is 71.6 Å². The van der Waals surface area contributed by atoms with Crippen LogP contribution in [0.2, 0.25) is 0 Å². The zero-order valence-electron chi connectivity index (χ0n) is 19.2. The fourth-order valence-corrected chi connectivity index (χ4v) is 3.91. The van der Waals surface area contributed by atoms with Crippen LogP contribution in [0, 0.1) is 0 Å². The Balaban J connectivity index is 0.00000324. The first-order valence-electron chi connectivity index (χ1n) is 11.0. The predicted octanol–water partition coefficient (Wildman–Crippen LogP) is 2.96. The van der Waals surface area contributed by atoms with Crippen LogP contribution >= 0.6 is 12.4 Å². The van der Waals surface area contributed by atoms with Gasteiger partial charge in [-0.1, -0.05) is 0 Å². The Hall–Kier alpha value is -3.59. The van der Waals surface area contributed by atoms with E-state index in [0.29, 0.717) is 43.7 Å². The maximum absolute atomic E-state index is 13.2. The number of hydrogen-bond donors (Lipinski definition) is 2. The molecule has 34 heavy (non-hydrogen) atoms. The van der Waals surface area contributed by atoms with E-state index in [-0.39, 0.29) is 36.0 Å². The first-order valence-corrected chi connectivity index (χ1v) is 11.0. The molecule has 9 nitrogen and oxygen atoms in total. The number of hydrogen-bond acceptors (Lipinski definition) is 7. The number of anilines is 2. The minimum Gasteiger partial charge on any atom is -0.469 e. The predicted molar refractivity (Wildman–Crippen MR) is 133 cm³/mol. The quantitative estimate of drug-likeness (QED) is 0.529. The number of piperazine rings is 1. The molecule has 3 aromatic rings. The molecular formula is C24H29ClN6O3. The van der Waals surface area contributed by atoms with Gasteiger partial charge in [-0.3, -0.25) is 9.59 Å². The van der Waals surface area contributed by atoms with Crippen LogP contribution in [0.1, 0.15) is 46.1 Å². The van der Waals surface area contributed by atoms with Crippen LogP contribution in [0.25, 0.3) is 0 Å². The Kier molecular flexibility index (Phi) is 8.12. The number of furan rings is 1. The lowest BCUT2D eigenvalue weighted by atomic mass is 10.1. The average molecular weight is 485 g/mol. The lowest BCUT2D eigenvalue weighted by molar-refractivity contribution is 0.0739. The molecular weight excluding hydrogens is 456 g/mol. The highest BCUT2D eigenvalue weighted by atomic mass is 35.5. The second-order valence-electron chi connectivity index (χ2n) is 8.26. The van der Waals surface area contributed by atoms with Gasteiger partial charge in [-0.2, -0.15) is 0 Å².